The quantitative estimate of drug-likeness (QED) is 0.168. The number of hydrogen-bond acceptors (Lipinski definition) is 0. The van der Waals surface area contributed by atoms with Crippen molar-refractivity contribution in [1.29, 1.82) is 15.3 Å². The van der Waals surface area contributed by atoms with Gasteiger partial charge in [0.2, 0.25) is 0 Å². The van der Waals surface area contributed by atoms with Gasteiger partial charge in [0.05, 0.1) is 15.3 Å². The van der Waals surface area contributed by atoms with Gasteiger partial charge in [-0.3, -0.25) is 0 Å². The van der Waals surface area contributed by atoms with Crippen molar-refractivity contribution < 1.29 is 253 Å². The van der Waals surface area contributed by atoms with Crippen molar-refractivity contribution in [2.45, 2.75) is 166 Å². The Hall–Kier alpha value is 13.2. The van der Waals surface area contributed by atoms with Crippen LogP contribution in [0.3, 0.4) is 0 Å². The molecule has 0 radical (unpaired) electrons. The molecule has 0 rings (SSSR count). The van der Waals surface area contributed by atoms with Crippen LogP contribution < -0.4 is 0 Å². The summed E-state index contributed by atoms with van der Waals surface area (Å²) in [6.45, 7) is 66.1. The summed E-state index contributed by atoms with van der Waals surface area (Å²) in [4.78, 5) is 0. The van der Waals surface area contributed by atoms with Crippen LogP contribution in [0.15, 0.2) is 12.2 Å². The molecule has 418 valence electrons. The van der Waals surface area contributed by atoms with Gasteiger partial charge in [0, 0.05) is 253 Å². The van der Waals surface area contributed by atoms with Crippen molar-refractivity contribution in [3.8, 4) is 0 Å². The second-order valence-corrected chi connectivity index (χ2v) is 1.37. The third-order valence-electron chi connectivity index (χ3n) is 0.333. The van der Waals surface area contributed by atoms with E-state index in [2.05, 4.69) is 13.8 Å². The largest absolute Gasteiger partial charge is 0.141 e. The van der Waals surface area contributed by atoms with E-state index in [4.69, 9.17) is 15.3 Å². The van der Waals surface area contributed by atoms with E-state index >= 15 is 0 Å². The van der Waals surface area contributed by atoms with Gasteiger partial charge in [-0.25, -0.2) is 0 Å². The van der Waals surface area contributed by atoms with E-state index in [0.29, 0.717) is 110 Å². The smallest absolute Gasteiger partial charge is 0.0543 e. The predicted molar refractivity (Wildman–Crippen MR) is 333 cm³/mol. The second kappa shape index (κ2) is 1520. The molecule has 0 bridgehead atoms. The molecule has 0 aromatic heterocycles. The maximum absolute atomic E-state index is 6.24. The summed E-state index contributed by atoms with van der Waals surface area (Å²) in [6.07, 6.45) is 5.25. The van der Waals surface area contributed by atoms with Crippen LogP contribution in [0.4, 0.5) is 0 Å². The van der Waals surface area contributed by atoms with Crippen LogP contribution in [0.1, 0.15) is 166 Å². The zero-order valence-corrected chi connectivity index (χ0v) is 94.0. The van der Waals surface area contributed by atoms with Crippen molar-refractivity contribution in [1.82, 2.24) is 0 Å². The Morgan fingerprint density at radius 1 is 0.242 bits per heavy atom. The van der Waals surface area contributed by atoms with Crippen LogP contribution in [0.2, 0.25) is 0 Å². The Morgan fingerprint density at radius 2 is 0.258 bits per heavy atom. The van der Waals surface area contributed by atoms with Gasteiger partial charge in [0.25, 0.3) is 0 Å². The molecule has 0 amide bonds. The molecule has 0 aromatic carbocycles. The molecule has 0 saturated carbocycles. The molecule has 24 heteroatoms. The first-order valence-electron chi connectivity index (χ1n) is 23.9. The molecular formula is C38H134P12W12. The van der Waals surface area contributed by atoms with Crippen LogP contribution in [-0.4, -0.2) is 95.3 Å². The molecule has 12 unspecified atom stereocenters. The van der Waals surface area contributed by atoms with Crippen molar-refractivity contribution >= 4 is 110 Å². The Morgan fingerprint density at radius 3 is 0.258 bits per heavy atom. The van der Waals surface area contributed by atoms with Crippen LogP contribution in [0, 0.1) is 0 Å². The van der Waals surface area contributed by atoms with E-state index in [0.717, 1.165) is 0 Å². The molecule has 0 fully saturated rings. The van der Waals surface area contributed by atoms with Crippen LogP contribution in [0.5, 0.6) is 0 Å². The molecule has 0 aromatic rings. The standard InChI is InChI=1S/C4H8.C3H8.9C2H6.12CH5P.CH4.12W/c1-3-4-2;1-3-2;21*1-2;;;;;;;;;;;;;/h3-4H,1-2H3;3H2,1-2H3;9*1-2H3;12*2H2,1H3;1H4;;;;;;;;;;;;/b4-3+;;;;;;;;;;;;;;;;;;;;;;;;;;;;;;;;;;;/i;;;;;;;;;;;12*2T;;;;;;;;;;;;;. The third-order valence-corrected chi connectivity index (χ3v) is 0.333. The molecular weight excluding hydrogens is 3030 g/mol. The minimum atomic E-state index is 0. The maximum atomic E-state index is 6.24. The molecule has 0 N–H and O–H groups in total. The van der Waals surface area contributed by atoms with Gasteiger partial charge in [-0.1, -0.05) is 244 Å². The Bertz CT molecular complexity index is 225. The first-order chi connectivity index (χ1) is 29.3. The van der Waals surface area contributed by atoms with E-state index in [1.54, 1.807) is 0 Å². The molecule has 0 aliphatic rings. The van der Waals surface area contributed by atoms with E-state index < -0.39 is 0 Å². The fourth-order valence-electron chi connectivity index (χ4n) is 0. The van der Waals surface area contributed by atoms with Gasteiger partial charge in [0.1, 0.15) is 0 Å². The van der Waals surface area contributed by atoms with E-state index in [-0.39, 0.29) is 260 Å². The van der Waals surface area contributed by atoms with E-state index in [1.807, 2.05) is 231 Å². The SMILES string of the molecule is C.C/C=C/C.CC.CC.CC.CC.CC.CC.CC.CC.CC.CCC.[3H]PC.[3H]PC.[3H]PC.[3H]PC.[3H]PC.[3H]PC.[3H]PC.[3H]PC.[3H]PC.[3H]PC.[3H]PC.[3H]PC.[W].[W].[W].[W].[W].[W].[W].[W].[W].[W].[W].[W]. The Balaban J connectivity index is -0.00000000597. The molecule has 62 heavy (non-hydrogen) atoms. The average Bonchev–Trinajstić information content (AvgIpc) is 3.28. The fraction of sp³-hybridized carbons (Fsp3) is 0.947. The molecule has 0 aliphatic carbocycles. The molecule has 0 spiro atoms. The van der Waals surface area contributed by atoms with Gasteiger partial charge in [-0.05, 0) is 13.8 Å². The normalized spacial score (nSPS) is 7.77. The second-order valence-electron chi connectivity index (χ2n) is 1.37. The molecule has 12 atom stereocenters. The molecule has 0 saturated heterocycles. The minimum absolute atomic E-state index is 0. The summed E-state index contributed by atoms with van der Waals surface area (Å²) in [5.74, 6) is 0. The first-order valence-corrected chi connectivity index (χ1v) is 29.9. The zero-order chi connectivity index (χ0) is 56.6. The summed E-state index contributed by atoms with van der Waals surface area (Å²) in [6, 6.07) is 0. The monoisotopic (exact) mass is 3190 g/mol. The number of hydrogen-bond donors (Lipinski definition) is 0. The minimum Gasteiger partial charge on any atom is -0.141 e. The summed E-state index contributed by atoms with van der Waals surface area (Å²) in [5.41, 5.74) is 0. The summed E-state index contributed by atoms with van der Waals surface area (Å²) in [5, 5.41) is 0. The van der Waals surface area contributed by atoms with Crippen LogP contribution in [0.25, 0.3) is 0 Å². The van der Waals surface area contributed by atoms with Crippen LogP contribution >= 0.6 is 110 Å². The maximum Gasteiger partial charge on any atom is 0.0543 e. The van der Waals surface area contributed by atoms with Gasteiger partial charge in [-0.15, -0.1) is 110 Å². The van der Waals surface area contributed by atoms with Gasteiger partial charge >= 0.3 is 0 Å². The third kappa shape index (κ3) is 1900. The van der Waals surface area contributed by atoms with Crippen molar-refractivity contribution in [3.05, 3.63) is 12.2 Å². The Kier molecular flexibility index (Phi) is 3870. The predicted octanol–water partition coefficient (Wildman–Crippen LogP) is 18.7. The number of allylic oxidation sites excluding steroid dienone is 2. The van der Waals surface area contributed by atoms with Crippen molar-refractivity contribution in [2.75, 3.05) is 80.0 Å². The molecule has 0 nitrogen and oxygen atoms in total. The average molecular weight is 3190 g/mol. The molecule has 0 heterocycles. The molecule has 0 aliphatic heterocycles. The number of rotatable bonds is 0. The summed E-state index contributed by atoms with van der Waals surface area (Å²) < 4.78 is 74.8. The fourth-order valence-corrected chi connectivity index (χ4v) is 0. The summed E-state index contributed by atoms with van der Waals surface area (Å²) in [7, 11) is 4.00. The van der Waals surface area contributed by atoms with E-state index in [1.165, 1.54) is 6.42 Å². The van der Waals surface area contributed by atoms with Crippen molar-refractivity contribution in [3.63, 3.8) is 0 Å². The van der Waals surface area contributed by atoms with Crippen LogP contribution in [-0.2, 0) is 253 Å². The first kappa shape index (κ1) is 158. The summed E-state index contributed by atoms with van der Waals surface area (Å²) >= 11 is 0. The Labute approximate surface area is 627 Å². The van der Waals surface area contributed by atoms with Crippen molar-refractivity contribution in [2.24, 2.45) is 0 Å². The topological polar surface area (TPSA) is 0 Å². The van der Waals surface area contributed by atoms with Gasteiger partial charge in [0.15, 0.2) is 0 Å². The van der Waals surface area contributed by atoms with E-state index in [9.17, 15) is 0 Å². The zero-order valence-electron chi connectivity index (χ0n) is 58.8. The van der Waals surface area contributed by atoms with Gasteiger partial charge < -0.3 is 0 Å². The van der Waals surface area contributed by atoms with Gasteiger partial charge in [-0.2, -0.15) is 0 Å².